The van der Waals surface area contributed by atoms with Crippen LogP contribution in [0.5, 0.6) is 0 Å². The fourth-order valence-corrected chi connectivity index (χ4v) is 1.72. The van der Waals surface area contributed by atoms with Crippen molar-refractivity contribution in [3.63, 3.8) is 0 Å². The number of nitrogens with two attached hydrogens (primary N) is 1. The molecule has 0 aliphatic heterocycles. The summed E-state index contributed by atoms with van der Waals surface area (Å²) in [6.45, 7) is 3.43. The van der Waals surface area contributed by atoms with Crippen LogP contribution < -0.4 is 11.1 Å². The van der Waals surface area contributed by atoms with E-state index in [2.05, 4.69) is 17.2 Å². The van der Waals surface area contributed by atoms with Crippen molar-refractivity contribution in [2.75, 3.05) is 6.54 Å². The Morgan fingerprint density at radius 1 is 1.30 bits per heavy atom. The summed E-state index contributed by atoms with van der Waals surface area (Å²) in [6.07, 6.45) is 4.73. The van der Waals surface area contributed by atoms with Crippen LogP contribution in [0, 0.1) is 10.1 Å². The quantitative estimate of drug-likeness (QED) is 0.251. The van der Waals surface area contributed by atoms with Gasteiger partial charge in [0.05, 0.1) is 11.5 Å². The molecule has 6 heteroatoms. The Kier molecular flexibility index (Phi) is 7.10. The number of guanidine groups is 1. The topological polar surface area (TPSA) is 93.5 Å². The molecule has 0 bridgehead atoms. The molecule has 1 aromatic carbocycles. The van der Waals surface area contributed by atoms with Gasteiger partial charge in [-0.3, -0.25) is 10.1 Å². The second kappa shape index (κ2) is 8.90. The van der Waals surface area contributed by atoms with Gasteiger partial charge in [-0.1, -0.05) is 38.3 Å². The average Bonchev–Trinajstić information content (AvgIpc) is 2.45. The summed E-state index contributed by atoms with van der Waals surface area (Å²) in [6, 6.07) is 6.32. The number of hydrogen-bond acceptors (Lipinski definition) is 3. The molecule has 0 amide bonds. The minimum absolute atomic E-state index is 0.0831. The Bertz CT molecular complexity index is 443. The number of rotatable bonds is 8. The predicted molar refractivity (Wildman–Crippen MR) is 80.6 cm³/mol. The molecule has 0 radical (unpaired) electrons. The van der Waals surface area contributed by atoms with Crippen molar-refractivity contribution in [1.29, 1.82) is 0 Å². The first kappa shape index (κ1) is 15.9. The number of unbranched alkanes of at least 4 members (excludes halogenated alkanes) is 3. The van der Waals surface area contributed by atoms with Gasteiger partial charge in [0.1, 0.15) is 0 Å². The molecule has 0 fully saturated rings. The standard InChI is InChI=1S/C14H22N4O2/c1-2-3-4-5-10-16-14(15)17-11-12-6-8-13(9-7-12)18(19)20/h6-9H,2-5,10-11H2,1H3,(H3,15,16,17). The maximum absolute atomic E-state index is 10.5. The van der Waals surface area contributed by atoms with E-state index >= 15 is 0 Å². The Morgan fingerprint density at radius 3 is 2.60 bits per heavy atom. The van der Waals surface area contributed by atoms with Crippen LogP contribution >= 0.6 is 0 Å². The van der Waals surface area contributed by atoms with Gasteiger partial charge in [0.15, 0.2) is 5.96 Å². The average molecular weight is 278 g/mol. The van der Waals surface area contributed by atoms with Crippen molar-refractivity contribution in [3.8, 4) is 0 Å². The van der Waals surface area contributed by atoms with Gasteiger partial charge >= 0.3 is 0 Å². The number of hydrogen-bond donors (Lipinski definition) is 2. The second-order valence-corrected chi connectivity index (χ2v) is 4.61. The van der Waals surface area contributed by atoms with E-state index in [-0.39, 0.29) is 5.69 Å². The van der Waals surface area contributed by atoms with Gasteiger partial charge in [0.25, 0.3) is 5.69 Å². The fourth-order valence-electron chi connectivity index (χ4n) is 1.72. The molecular formula is C14H22N4O2. The van der Waals surface area contributed by atoms with Crippen molar-refractivity contribution in [2.24, 2.45) is 10.7 Å². The zero-order valence-corrected chi connectivity index (χ0v) is 11.8. The van der Waals surface area contributed by atoms with Crippen LogP contribution in [-0.2, 0) is 6.54 Å². The maximum Gasteiger partial charge on any atom is 0.269 e. The van der Waals surface area contributed by atoms with E-state index in [0.29, 0.717) is 12.5 Å². The first-order chi connectivity index (χ1) is 9.63. The van der Waals surface area contributed by atoms with Gasteiger partial charge in [0.2, 0.25) is 0 Å². The van der Waals surface area contributed by atoms with Crippen molar-refractivity contribution in [2.45, 2.75) is 39.2 Å². The SMILES string of the molecule is CCCCCCNC(N)=NCc1ccc([N+](=O)[O-])cc1. The Hall–Kier alpha value is -2.11. The third-order valence-electron chi connectivity index (χ3n) is 2.92. The van der Waals surface area contributed by atoms with Crippen LogP contribution in [0.25, 0.3) is 0 Å². The summed E-state index contributed by atoms with van der Waals surface area (Å²) in [7, 11) is 0. The molecule has 0 saturated heterocycles. The lowest BCUT2D eigenvalue weighted by molar-refractivity contribution is -0.384. The summed E-state index contributed by atoms with van der Waals surface area (Å²) in [5, 5.41) is 13.6. The summed E-state index contributed by atoms with van der Waals surface area (Å²) < 4.78 is 0. The van der Waals surface area contributed by atoms with Crippen LogP contribution in [0.1, 0.15) is 38.2 Å². The minimum Gasteiger partial charge on any atom is -0.370 e. The van der Waals surface area contributed by atoms with E-state index in [1.54, 1.807) is 12.1 Å². The largest absolute Gasteiger partial charge is 0.370 e. The molecule has 1 aromatic rings. The van der Waals surface area contributed by atoms with Crippen molar-refractivity contribution in [3.05, 3.63) is 39.9 Å². The Balaban J connectivity index is 2.33. The molecule has 110 valence electrons. The highest BCUT2D eigenvalue weighted by Crippen LogP contribution is 2.12. The van der Waals surface area contributed by atoms with E-state index in [9.17, 15) is 10.1 Å². The summed E-state index contributed by atoms with van der Waals surface area (Å²) in [4.78, 5) is 14.3. The smallest absolute Gasteiger partial charge is 0.269 e. The Labute approximate surface area is 119 Å². The molecule has 0 atom stereocenters. The first-order valence-electron chi connectivity index (χ1n) is 6.90. The van der Waals surface area contributed by atoms with Crippen LogP contribution in [0.2, 0.25) is 0 Å². The molecule has 0 aliphatic carbocycles. The highest BCUT2D eigenvalue weighted by molar-refractivity contribution is 5.77. The number of non-ortho nitro benzene ring substituents is 1. The first-order valence-corrected chi connectivity index (χ1v) is 6.90. The normalized spacial score (nSPS) is 11.3. The number of nitro groups is 1. The molecule has 0 unspecified atom stereocenters. The molecule has 3 N–H and O–H groups in total. The molecule has 0 spiro atoms. The van der Waals surface area contributed by atoms with Crippen molar-refractivity contribution in [1.82, 2.24) is 5.32 Å². The highest BCUT2D eigenvalue weighted by atomic mass is 16.6. The van der Waals surface area contributed by atoms with Gasteiger partial charge in [-0.25, -0.2) is 4.99 Å². The predicted octanol–water partition coefficient (Wildman–Crippen LogP) is 2.58. The van der Waals surface area contributed by atoms with Crippen LogP contribution in [-0.4, -0.2) is 17.4 Å². The summed E-state index contributed by atoms with van der Waals surface area (Å²) in [5.74, 6) is 0.417. The summed E-state index contributed by atoms with van der Waals surface area (Å²) >= 11 is 0. The van der Waals surface area contributed by atoms with Gasteiger partial charge < -0.3 is 11.1 Å². The lowest BCUT2D eigenvalue weighted by Crippen LogP contribution is -2.32. The number of benzene rings is 1. The highest BCUT2D eigenvalue weighted by Gasteiger charge is 2.03. The van der Waals surface area contributed by atoms with Gasteiger partial charge in [-0.05, 0) is 12.0 Å². The maximum atomic E-state index is 10.5. The molecule has 0 aromatic heterocycles. The lowest BCUT2D eigenvalue weighted by atomic mass is 10.2. The van der Waals surface area contributed by atoms with E-state index in [4.69, 9.17) is 5.73 Å². The minimum atomic E-state index is -0.417. The van der Waals surface area contributed by atoms with E-state index in [1.807, 2.05) is 0 Å². The molecule has 0 heterocycles. The van der Waals surface area contributed by atoms with Crippen LogP contribution in [0.3, 0.4) is 0 Å². The molecule has 20 heavy (non-hydrogen) atoms. The monoisotopic (exact) mass is 278 g/mol. The number of nitro benzene ring substituents is 1. The van der Waals surface area contributed by atoms with Gasteiger partial charge in [0, 0.05) is 18.7 Å². The van der Waals surface area contributed by atoms with Gasteiger partial charge in [-0.15, -0.1) is 0 Å². The number of aliphatic imine (C=N–C) groups is 1. The number of nitrogens with zero attached hydrogens (tertiary/aromatic N) is 2. The third-order valence-corrected chi connectivity index (χ3v) is 2.92. The molecule has 6 nitrogen and oxygen atoms in total. The second-order valence-electron chi connectivity index (χ2n) is 4.61. The Morgan fingerprint density at radius 2 is 2.00 bits per heavy atom. The van der Waals surface area contributed by atoms with E-state index in [0.717, 1.165) is 18.5 Å². The third kappa shape index (κ3) is 6.17. The molecular weight excluding hydrogens is 256 g/mol. The van der Waals surface area contributed by atoms with E-state index < -0.39 is 4.92 Å². The van der Waals surface area contributed by atoms with Crippen LogP contribution in [0.4, 0.5) is 5.69 Å². The zero-order valence-electron chi connectivity index (χ0n) is 11.8. The summed E-state index contributed by atoms with van der Waals surface area (Å²) in [5.41, 5.74) is 6.72. The lowest BCUT2D eigenvalue weighted by Gasteiger charge is -2.05. The molecule has 1 rings (SSSR count). The molecule has 0 saturated carbocycles. The zero-order chi connectivity index (χ0) is 14.8. The number of nitrogens with one attached hydrogen (secondary N) is 1. The molecule has 0 aliphatic rings. The van der Waals surface area contributed by atoms with Crippen molar-refractivity contribution < 1.29 is 4.92 Å². The van der Waals surface area contributed by atoms with Crippen LogP contribution in [0.15, 0.2) is 29.3 Å². The fraction of sp³-hybridized carbons (Fsp3) is 0.500. The van der Waals surface area contributed by atoms with E-state index in [1.165, 1.54) is 31.4 Å². The van der Waals surface area contributed by atoms with Gasteiger partial charge in [-0.2, -0.15) is 0 Å². The van der Waals surface area contributed by atoms with Crippen molar-refractivity contribution >= 4 is 11.6 Å².